The fraction of sp³-hybridized carbons (Fsp3) is 0.500. The standard InChI is InChI=1S/C18H21F3N4O4/c19-14-9-12(1-3-15(14)23-6-5-22-24(11-26)8-7-23)25-10-13(29-18(25)28)2-4-16(27)17(20)21/h1,3,9,11,13,17,22H,2,4-8,10H2/t13-/m0/s1. The molecule has 11 heteroatoms. The second-order valence-corrected chi connectivity index (χ2v) is 6.75. The van der Waals surface area contributed by atoms with E-state index in [0.29, 0.717) is 38.3 Å². The molecule has 158 valence electrons. The number of nitrogens with one attached hydrogen (secondary N) is 1. The van der Waals surface area contributed by atoms with Crippen LogP contribution in [0.5, 0.6) is 0 Å². The molecule has 0 radical (unpaired) electrons. The van der Waals surface area contributed by atoms with Crippen molar-refractivity contribution in [2.75, 3.05) is 42.5 Å². The Morgan fingerprint density at radius 2 is 2.10 bits per heavy atom. The van der Waals surface area contributed by atoms with E-state index in [9.17, 15) is 27.6 Å². The summed E-state index contributed by atoms with van der Waals surface area (Å²) in [6, 6.07) is 4.32. The predicted octanol–water partition coefficient (Wildman–Crippen LogP) is 1.55. The molecule has 2 amide bonds. The maximum atomic E-state index is 14.7. The summed E-state index contributed by atoms with van der Waals surface area (Å²) in [5, 5.41) is 1.39. The Balaban J connectivity index is 1.64. The van der Waals surface area contributed by atoms with Crippen LogP contribution in [0.25, 0.3) is 0 Å². The molecule has 2 heterocycles. The van der Waals surface area contributed by atoms with Crippen LogP contribution in [0.2, 0.25) is 0 Å². The molecule has 0 aliphatic carbocycles. The fourth-order valence-electron chi connectivity index (χ4n) is 3.29. The number of carbonyl (C=O) groups excluding carboxylic acids is 3. The number of hydrogen-bond acceptors (Lipinski definition) is 6. The van der Waals surface area contributed by atoms with Crippen LogP contribution in [0.4, 0.5) is 29.3 Å². The SMILES string of the molecule is O=CN1CCN(c2ccc(N3C[C@H](CCC(=O)C(F)F)OC3=O)cc2F)CCN1. The molecule has 2 aliphatic rings. The first-order chi connectivity index (χ1) is 13.9. The Morgan fingerprint density at radius 3 is 2.79 bits per heavy atom. The summed E-state index contributed by atoms with van der Waals surface area (Å²) in [5.41, 5.74) is 3.53. The number of halogens is 3. The van der Waals surface area contributed by atoms with E-state index in [2.05, 4.69) is 5.43 Å². The van der Waals surface area contributed by atoms with E-state index in [1.54, 1.807) is 17.0 Å². The fourth-order valence-corrected chi connectivity index (χ4v) is 3.29. The normalized spacial score (nSPS) is 20.1. The van der Waals surface area contributed by atoms with Crippen molar-refractivity contribution in [2.24, 2.45) is 0 Å². The lowest BCUT2D eigenvalue weighted by molar-refractivity contribution is -0.130. The molecule has 29 heavy (non-hydrogen) atoms. The number of cyclic esters (lactones) is 1. The average molecular weight is 414 g/mol. The number of ketones is 1. The zero-order valence-electron chi connectivity index (χ0n) is 15.5. The lowest BCUT2D eigenvalue weighted by atomic mass is 10.1. The number of hydrazine groups is 1. The summed E-state index contributed by atoms with van der Waals surface area (Å²) in [4.78, 5) is 37.0. The third-order valence-electron chi connectivity index (χ3n) is 4.85. The van der Waals surface area contributed by atoms with Crippen LogP contribution < -0.4 is 15.2 Å². The van der Waals surface area contributed by atoms with Gasteiger partial charge in [-0.25, -0.2) is 23.4 Å². The Labute approximate surface area is 165 Å². The summed E-state index contributed by atoms with van der Waals surface area (Å²) in [5.74, 6) is -1.74. The number of alkyl halides is 2. The van der Waals surface area contributed by atoms with Gasteiger partial charge in [-0.15, -0.1) is 0 Å². The largest absolute Gasteiger partial charge is 0.444 e. The van der Waals surface area contributed by atoms with Crippen molar-refractivity contribution in [3.8, 4) is 0 Å². The molecule has 2 fully saturated rings. The molecule has 1 N–H and O–H groups in total. The monoisotopic (exact) mass is 414 g/mol. The highest BCUT2D eigenvalue weighted by atomic mass is 19.3. The molecule has 1 aromatic rings. The van der Waals surface area contributed by atoms with Gasteiger partial charge in [0, 0.05) is 26.1 Å². The van der Waals surface area contributed by atoms with Gasteiger partial charge in [0.1, 0.15) is 11.9 Å². The first-order valence-electron chi connectivity index (χ1n) is 9.18. The second-order valence-electron chi connectivity index (χ2n) is 6.75. The Morgan fingerprint density at radius 1 is 1.31 bits per heavy atom. The molecule has 0 spiro atoms. The zero-order valence-corrected chi connectivity index (χ0v) is 15.5. The summed E-state index contributed by atoms with van der Waals surface area (Å²) in [7, 11) is 0. The van der Waals surface area contributed by atoms with E-state index in [4.69, 9.17) is 4.74 Å². The van der Waals surface area contributed by atoms with Crippen molar-refractivity contribution in [3.63, 3.8) is 0 Å². The summed E-state index contributed by atoms with van der Waals surface area (Å²) in [6.45, 7) is 1.84. The molecule has 0 saturated carbocycles. The van der Waals surface area contributed by atoms with Gasteiger partial charge in [0.25, 0.3) is 6.43 Å². The van der Waals surface area contributed by atoms with Crippen LogP contribution in [-0.2, 0) is 14.3 Å². The van der Waals surface area contributed by atoms with Crippen LogP contribution in [0, 0.1) is 5.82 Å². The van der Waals surface area contributed by atoms with Crippen LogP contribution in [0.3, 0.4) is 0 Å². The van der Waals surface area contributed by atoms with Crippen LogP contribution in [0.1, 0.15) is 12.8 Å². The molecule has 0 aromatic heterocycles. The minimum atomic E-state index is -3.04. The average Bonchev–Trinajstić information content (AvgIpc) is 2.91. The van der Waals surface area contributed by atoms with Crippen LogP contribution in [0.15, 0.2) is 18.2 Å². The van der Waals surface area contributed by atoms with E-state index >= 15 is 0 Å². The van der Waals surface area contributed by atoms with Gasteiger partial charge < -0.3 is 9.64 Å². The second kappa shape index (κ2) is 9.12. The van der Waals surface area contributed by atoms with E-state index in [-0.39, 0.29) is 18.7 Å². The first kappa shape index (κ1) is 20.9. The van der Waals surface area contributed by atoms with Gasteiger partial charge >= 0.3 is 6.09 Å². The van der Waals surface area contributed by atoms with Gasteiger partial charge in [0.05, 0.1) is 24.5 Å². The van der Waals surface area contributed by atoms with E-state index in [1.165, 1.54) is 16.0 Å². The molecular formula is C18H21F3N4O4. The molecule has 3 rings (SSSR count). The van der Waals surface area contributed by atoms with Gasteiger partial charge in [-0.1, -0.05) is 0 Å². The molecule has 2 aliphatic heterocycles. The van der Waals surface area contributed by atoms with Gasteiger partial charge in [0.2, 0.25) is 6.41 Å². The van der Waals surface area contributed by atoms with E-state index < -0.39 is 36.6 Å². The minimum Gasteiger partial charge on any atom is -0.444 e. The van der Waals surface area contributed by atoms with Crippen molar-refractivity contribution in [1.29, 1.82) is 0 Å². The number of rotatable bonds is 7. The number of Topliss-reactive ketones (excluding diaryl/α,β-unsaturated/α-hetero) is 1. The molecule has 0 unspecified atom stereocenters. The van der Waals surface area contributed by atoms with Crippen molar-refractivity contribution in [2.45, 2.75) is 25.4 Å². The molecule has 2 saturated heterocycles. The number of ether oxygens (including phenoxy) is 1. The summed E-state index contributed by atoms with van der Waals surface area (Å²) in [6.07, 6.45) is -4.20. The zero-order chi connectivity index (χ0) is 21.0. The van der Waals surface area contributed by atoms with Crippen molar-refractivity contribution in [3.05, 3.63) is 24.0 Å². The Bertz CT molecular complexity index is 779. The van der Waals surface area contributed by atoms with Crippen molar-refractivity contribution >= 4 is 29.7 Å². The summed E-state index contributed by atoms with van der Waals surface area (Å²) < 4.78 is 44.4. The minimum absolute atomic E-state index is 0.0139. The number of benzene rings is 1. The Kier molecular flexibility index (Phi) is 6.57. The Hall–Kier alpha value is -2.82. The maximum Gasteiger partial charge on any atom is 0.414 e. The summed E-state index contributed by atoms with van der Waals surface area (Å²) >= 11 is 0. The number of amides is 2. The van der Waals surface area contributed by atoms with Gasteiger partial charge in [-0.3, -0.25) is 19.5 Å². The van der Waals surface area contributed by atoms with Gasteiger partial charge in [0.15, 0.2) is 5.78 Å². The highest BCUT2D eigenvalue weighted by Gasteiger charge is 2.33. The van der Waals surface area contributed by atoms with E-state index in [0.717, 1.165) is 0 Å². The van der Waals surface area contributed by atoms with Crippen LogP contribution >= 0.6 is 0 Å². The third-order valence-corrected chi connectivity index (χ3v) is 4.85. The third kappa shape index (κ3) is 4.97. The number of anilines is 2. The number of nitrogens with zero attached hydrogens (tertiary/aromatic N) is 3. The highest BCUT2D eigenvalue weighted by molar-refractivity contribution is 5.90. The van der Waals surface area contributed by atoms with Crippen molar-refractivity contribution < 1.29 is 32.3 Å². The number of carbonyl (C=O) groups is 3. The molecule has 0 bridgehead atoms. The highest BCUT2D eigenvalue weighted by Crippen LogP contribution is 2.29. The molecule has 8 nitrogen and oxygen atoms in total. The number of hydrogen-bond donors (Lipinski definition) is 1. The first-order valence-corrected chi connectivity index (χ1v) is 9.18. The molecular weight excluding hydrogens is 393 g/mol. The molecule has 1 aromatic carbocycles. The van der Waals surface area contributed by atoms with Gasteiger partial charge in [-0.05, 0) is 24.6 Å². The van der Waals surface area contributed by atoms with Crippen molar-refractivity contribution in [1.82, 2.24) is 10.4 Å². The van der Waals surface area contributed by atoms with Gasteiger partial charge in [-0.2, -0.15) is 0 Å². The maximum absolute atomic E-state index is 14.7. The predicted molar refractivity (Wildman–Crippen MR) is 97.2 cm³/mol. The quantitative estimate of drug-likeness (QED) is 0.682. The van der Waals surface area contributed by atoms with Crippen LogP contribution in [-0.4, -0.2) is 68.5 Å². The smallest absolute Gasteiger partial charge is 0.414 e. The van der Waals surface area contributed by atoms with E-state index in [1.807, 2.05) is 0 Å². The molecule has 1 atom stereocenters. The topological polar surface area (TPSA) is 82.2 Å². The lowest BCUT2D eigenvalue weighted by Gasteiger charge is -2.23. The lowest BCUT2D eigenvalue weighted by Crippen LogP contribution is -2.37.